The van der Waals surface area contributed by atoms with Crippen LogP contribution in [0.2, 0.25) is 0 Å². The maximum absolute atomic E-state index is 14.2. The molecule has 3 aliphatic rings. The zero-order valence-electron chi connectivity index (χ0n) is 18.4. The van der Waals surface area contributed by atoms with Crippen LogP contribution in [0.4, 0.5) is 10.1 Å². The van der Waals surface area contributed by atoms with Crippen LogP contribution >= 0.6 is 0 Å². The molecule has 3 fully saturated rings. The van der Waals surface area contributed by atoms with Gasteiger partial charge in [0.1, 0.15) is 5.82 Å². The minimum absolute atomic E-state index is 0.148. The van der Waals surface area contributed by atoms with Crippen molar-refractivity contribution in [2.45, 2.75) is 76.0 Å². The van der Waals surface area contributed by atoms with Gasteiger partial charge in [0, 0.05) is 39.1 Å². The van der Waals surface area contributed by atoms with Gasteiger partial charge in [0.15, 0.2) is 0 Å². The molecule has 4 rings (SSSR count). The highest BCUT2D eigenvalue weighted by Gasteiger charge is 2.48. The predicted octanol–water partition coefficient (Wildman–Crippen LogP) is 3.41. The van der Waals surface area contributed by atoms with E-state index < -0.39 is 5.60 Å². The second-order valence-corrected chi connectivity index (χ2v) is 9.78. The summed E-state index contributed by atoms with van der Waals surface area (Å²) in [7, 11) is 0. The summed E-state index contributed by atoms with van der Waals surface area (Å²) >= 11 is 0. The number of rotatable bonds is 3. The molecule has 2 atom stereocenters. The first-order valence-corrected chi connectivity index (χ1v) is 11.6. The summed E-state index contributed by atoms with van der Waals surface area (Å²) in [6, 6.07) is 7.19. The number of carbonyl (C=O) groups is 1. The summed E-state index contributed by atoms with van der Waals surface area (Å²) in [5.41, 5.74) is -0.274. The zero-order chi connectivity index (χ0) is 21.4. The van der Waals surface area contributed by atoms with Gasteiger partial charge in [-0.25, -0.2) is 4.39 Å². The Kier molecular flexibility index (Phi) is 6.08. The number of hydrogen-bond acceptors (Lipinski definition) is 4. The summed E-state index contributed by atoms with van der Waals surface area (Å²) in [4.78, 5) is 19.0. The zero-order valence-corrected chi connectivity index (χ0v) is 18.4. The number of likely N-dealkylation sites (tertiary alicyclic amines) is 2. The molecule has 0 saturated carbocycles. The largest absolute Gasteiger partial charge is 0.388 e. The molecule has 30 heavy (non-hydrogen) atoms. The van der Waals surface area contributed by atoms with E-state index in [9.17, 15) is 14.3 Å². The first-order chi connectivity index (χ1) is 14.3. The molecule has 0 aromatic heterocycles. The summed E-state index contributed by atoms with van der Waals surface area (Å²) in [5, 5.41) is 11.4. The van der Waals surface area contributed by atoms with Crippen LogP contribution in [0.5, 0.6) is 0 Å². The van der Waals surface area contributed by atoms with Gasteiger partial charge in [0.05, 0.1) is 16.8 Å². The van der Waals surface area contributed by atoms with Crippen LogP contribution in [0.15, 0.2) is 24.3 Å². The monoisotopic (exact) mass is 417 g/mol. The van der Waals surface area contributed by atoms with Crippen molar-refractivity contribution in [2.24, 2.45) is 0 Å². The Hall–Kier alpha value is -1.66. The van der Waals surface area contributed by atoms with Crippen LogP contribution in [-0.4, -0.2) is 70.7 Å². The molecule has 5 nitrogen and oxygen atoms in total. The smallest absolute Gasteiger partial charge is 0.219 e. The SMILES string of the molecule is CC(=O)N1CCCC[C@H]2N(CC3(O)CCN(c4ccccc4F)CC3)CCC[C@@]21C. The van der Waals surface area contributed by atoms with E-state index in [0.29, 0.717) is 44.2 Å². The minimum atomic E-state index is -0.757. The van der Waals surface area contributed by atoms with E-state index in [2.05, 4.69) is 16.7 Å². The maximum Gasteiger partial charge on any atom is 0.219 e. The van der Waals surface area contributed by atoms with Crippen molar-refractivity contribution in [3.05, 3.63) is 30.1 Å². The van der Waals surface area contributed by atoms with E-state index in [4.69, 9.17) is 0 Å². The molecule has 3 heterocycles. The normalized spacial score (nSPS) is 29.9. The van der Waals surface area contributed by atoms with Gasteiger partial charge >= 0.3 is 0 Å². The van der Waals surface area contributed by atoms with Crippen LogP contribution in [0.3, 0.4) is 0 Å². The molecule has 3 aliphatic heterocycles. The molecule has 0 unspecified atom stereocenters. The molecule has 166 valence electrons. The molecular formula is C24H36FN3O2. The molecular weight excluding hydrogens is 381 g/mol. The highest BCUT2D eigenvalue weighted by Crippen LogP contribution is 2.40. The van der Waals surface area contributed by atoms with Crippen molar-refractivity contribution >= 4 is 11.6 Å². The van der Waals surface area contributed by atoms with Gasteiger partial charge < -0.3 is 14.9 Å². The number of benzene rings is 1. The third-order valence-electron chi connectivity index (χ3n) is 7.78. The van der Waals surface area contributed by atoms with Crippen molar-refractivity contribution < 1.29 is 14.3 Å². The first-order valence-electron chi connectivity index (χ1n) is 11.6. The molecule has 0 bridgehead atoms. The number of carbonyl (C=O) groups excluding carboxylic acids is 1. The fourth-order valence-electron chi connectivity index (χ4n) is 6.14. The number of fused-ring (bicyclic) bond motifs is 1. The first kappa shape index (κ1) is 21.6. The predicted molar refractivity (Wildman–Crippen MR) is 117 cm³/mol. The van der Waals surface area contributed by atoms with Crippen molar-refractivity contribution in [3.8, 4) is 0 Å². The number of amides is 1. The van der Waals surface area contributed by atoms with Gasteiger partial charge in [-0.2, -0.15) is 0 Å². The number of aliphatic hydroxyl groups is 1. The van der Waals surface area contributed by atoms with Crippen molar-refractivity contribution in [2.75, 3.05) is 37.6 Å². The third kappa shape index (κ3) is 4.09. The van der Waals surface area contributed by atoms with Crippen LogP contribution in [0.25, 0.3) is 0 Å². The Morgan fingerprint density at radius 3 is 2.53 bits per heavy atom. The summed E-state index contributed by atoms with van der Waals surface area (Å²) in [5.74, 6) is -0.0272. The number of para-hydroxylation sites is 1. The Labute approximate surface area is 179 Å². The molecule has 1 aromatic carbocycles. The molecule has 1 N–H and O–H groups in total. The number of piperidine rings is 2. The van der Waals surface area contributed by atoms with E-state index in [1.54, 1.807) is 13.0 Å². The maximum atomic E-state index is 14.2. The van der Waals surface area contributed by atoms with Crippen molar-refractivity contribution in [1.29, 1.82) is 0 Å². The fourth-order valence-corrected chi connectivity index (χ4v) is 6.14. The lowest BCUT2D eigenvalue weighted by Gasteiger charge is -2.54. The lowest BCUT2D eigenvalue weighted by molar-refractivity contribution is -0.141. The van der Waals surface area contributed by atoms with Crippen LogP contribution in [0.1, 0.15) is 58.8 Å². The molecule has 6 heteroatoms. The van der Waals surface area contributed by atoms with E-state index >= 15 is 0 Å². The number of β-amino-alcohol motifs (C(OH)–C–C–N with tert-alkyl or cyclic N) is 1. The third-order valence-corrected chi connectivity index (χ3v) is 7.78. The summed E-state index contributed by atoms with van der Waals surface area (Å²) < 4.78 is 14.2. The molecule has 0 aliphatic carbocycles. The summed E-state index contributed by atoms with van der Waals surface area (Å²) in [6.07, 6.45) is 6.62. The van der Waals surface area contributed by atoms with Crippen molar-refractivity contribution in [3.63, 3.8) is 0 Å². The highest BCUT2D eigenvalue weighted by molar-refractivity contribution is 5.74. The number of anilines is 1. The van der Waals surface area contributed by atoms with Crippen molar-refractivity contribution in [1.82, 2.24) is 9.80 Å². The van der Waals surface area contributed by atoms with Gasteiger partial charge in [-0.15, -0.1) is 0 Å². The molecule has 0 radical (unpaired) electrons. The van der Waals surface area contributed by atoms with Gasteiger partial charge in [0.2, 0.25) is 5.91 Å². The van der Waals surface area contributed by atoms with Crippen LogP contribution in [-0.2, 0) is 4.79 Å². The second kappa shape index (κ2) is 8.46. The van der Waals surface area contributed by atoms with Gasteiger partial charge in [-0.05, 0) is 64.1 Å². The topological polar surface area (TPSA) is 47.0 Å². The number of halogens is 1. The quantitative estimate of drug-likeness (QED) is 0.819. The molecule has 0 spiro atoms. The van der Waals surface area contributed by atoms with Crippen LogP contribution in [0, 0.1) is 5.82 Å². The molecule has 1 aromatic rings. The van der Waals surface area contributed by atoms with Gasteiger partial charge in [-0.3, -0.25) is 9.69 Å². The standard InChI is InChI=1S/C24H36FN3O2/c1-19(29)28-15-6-5-10-22-23(28,2)11-7-14-27(22)18-24(30)12-16-26(17-13-24)21-9-4-3-8-20(21)25/h3-4,8-9,22,30H,5-7,10-18H2,1-2H3/t22-,23+/m1/s1. The number of hydrogen-bond donors (Lipinski definition) is 1. The number of nitrogens with zero attached hydrogens (tertiary/aromatic N) is 3. The fraction of sp³-hybridized carbons (Fsp3) is 0.708. The highest BCUT2D eigenvalue weighted by atomic mass is 19.1. The van der Waals surface area contributed by atoms with Crippen LogP contribution < -0.4 is 4.90 Å². The van der Waals surface area contributed by atoms with E-state index in [-0.39, 0.29) is 17.3 Å². The summed E-state index contributed by atoms with van der Waals surface area (Å²) in [6.45, 7) is 7.73. The minimum Gasteiger partial charge on any atom is -0.388 e. The van der Waals surface area contributed by atoms with Gasteiger partial charge in [0.25, 0.3) is 0 Å². The molecule has 3 saturated heterocycles. The Morgan fingerprint density at radius 2 is 1.83 bits per heavy atom. The Balaban J connectivity index is 1.46. The van der Waals surface area contributed by atoms with E-state index in [0.717, 1.165) is 45.2 Å². The molecule has 1 amide bonds. The van der Waals surface area contributed by atoms with E-state index in [1.165, 1.54) is 6.07 Å². The van der Waals surface area contributed by atoms with Gasteiger partial charge in [-0.1, -0.05) is 18.6 Å². The van der Waals surface area contributed by atoms with E-state index in [1.807, 2.05) is 17.0 Å². The Morgan fingerprint density at radius 1 is 1.10 bits per heavy atom. The second-order valence-electron chi connectivity index (χ2n) is 9.78. The lowest BCUT2D eigenvalue weighted by atomic mass is 9.78. The average Bonchev–Trinajstić information content (AvgIpc) is 2.88. The lowest BCUT2D eigenvalue weighted by Crippen LogP contribution is -2.66. The Bertz CT molecular complexity index is 765. The average molecular weight is 418 g/mol.